The van der Waals surface area contributed by atoms with Gasteiger partial charge in [-0.15, -0.1) is 0 Å². The van der Waals surface area contributed by atoms with Crippen molar-refractivity contribution in [2.75, 3.05) is 13.1 Å². The van der Waals surface area contributed by atoms with Gasteiger partial charge in [0.15, 0.2) is 10.8 Å². The molecule has 2 heterocycles. The quantitative estimate of drug-likeness (QED) is 0.821. The molecule has 0 spiro atoms. The number of sulfonamides is 1. The summed E-state index contributed by atoms with van der Waals surface area (Å²) in [6.45, 7) is 1.94. The van der Waals surface area contributed by atoms with Crippen LogP contribution in [-0.2, 0) is 19.6 Å². The van der Waals surface area contributed by atoms with Crippen LogP contribution in [0, 0.1) is 6.42 Å². The van der Waals surface area contributed by atoms with Gasteiger partial charge in [-0.2, -0.15) is 4.31 Å². The molecule has 1 saturated heterocycles. The van der Waals surface area contributed by atoms with Crippen molar-refractivity contribution in [2.24, 2.45) is 0 Å². The van der Waals surface area contributed by atoms with Crippen molar-refractivity contribution in [1.29, 1.82) is 0 Å². The van der Waals surface area contributed by atoms with Gasteiger partial charge in [-0.05, 0) is 31.4 Å². The highest BCUT2D eigenvalue weighted by atomic mass is 32.2. The molecule has 0 aromatic carbocycles. The molecule has 2 rings (SSSR count). The van der Waals surface area contributed by atoms with Crippen molar-refractivity contribution in [1.82, 2.24) is 14.6 Å². The molecule has 1 amide bonds. The van der Waals surface area contributed by atoms with Gasteiger partial charge in [0.05, 0.1) is 12.6 Å². The standard InChI is InChI=1S/C16H22N3O4S/c1-2-3-8-15(21)18-13-7-6-11-19(12-14(13)20)24(22,23)16-9-4-5-10-17-16/h4-5,8-10,13H,2-3,6-7,11-12H2,1H3,(H,18,21). The van der Waals surface area contributed by atoms with Crippen LogP contribution in [0.25, 0.3) is 0 Å². The van der Waals surface area contributed by atoms with Crippen LogP contribution in [0.15, 0.2) is 29.4 Å². The number of aromatic nitrogens is 1. The Kier molecular flexibility index (Phi) is 6.44. The van der Waals surface area contributed by atoms with Gasteiger partial charge in [-0.25, -0.2) is 13.4 Å². The molecule has 8 heteroatoms. The number of amides is 1. The van der Waals surface area contributed by atoms with Gasteiger partial charge in [-0.3, -0.25) is 9.59 Å². The third-order valence-electron chi connectivity index (χ3n) is 3.80. The number of pyridine rings is 1. The predicted molar refractivity (Wildman–Crippen MR) is 88.4 cm³/mol. The molecule has 1 N–H and O–H groups in total. The minimum atomic E-state index is -3.80. The maximum absolute atomic E-state index is 12.6. The molecule has 131 valence electrons. The van der Waals surface area contributed by atoms with E-state index in [1.165, 1.54) is 18.7 Å². The Bertz CT molecular complexity index is 676. The summed E-state index contributed by atoms with van der Waals surface area (Å²) in [5, 5.41) is 2.60. The fraction of sp³-hybridized carbons (Fsp3) is 0.500. The topological polar surface area (TPSA) is 96.4 Å². The van der Waals surface area contributed by atoms with E-state index in [0.717, 1.165) is 10.7 Å². The van der Waals surface area contributed by atoms with Crippen LogP contribution >= 0.6 is 0 Å². The Morgan fingerprint density at radius 2 is 2.25 bits per heavy atom. The maximum atomic E-state index is 12.6. The maximum Gasteiger partial charge on any atom is 0.260 e. The first-order valence-corrected chi connectivity index (χ1v) is 9.46. The SMILES string of the molecule is CCC[CH]C(=O)NC1CCCN(S(=O)(=O)c2ccccn2)CC1=O. The highest BCUT2D eigenvalue weighted by Gasteiger charge is 2.33. The Labute approximate surface area is 142 Å². The van der Waals surface area contributed by atoms with Crippen molar-refractivity contribution in [3.8, 4) is 0 Å². The molecule has 1 atom stereocenters. The molecule has 1 aromatic heterocycles. The Hall–Kier alpha value is -1.80. The van der Waals surface area contributed by atoms with Crippen molar-refractivity contribution >= 4 is 21.7 Å². The van der Waals surface area contributed by atoms with Gasteiger partial charge in [0.25, 0.3) is 10.0 Å². The molecule has 1 aliphatic rings. The van der Waals surface area contributed by atoms with E-state index in [4.69, 9.17) is 0 Å². The zero-order chi connectivity index (χ0) is 17.6. The van der Waals surface area contributed by atoms with Gasteiger partial charge < -0.3 is 5.32 Å². The van der Waals surface area contributed by atoms with Crippen LogP contribution in [0.3, 0.4) is 0 Å². The lowest BCUT2D eigenvalue weighted by atomic mass is 10.1. The molecule has 1 fully saturated rings. The summed E-state index contributed by atoms with van der Waals surface area (Å²) in [5.41, 5.74) is 0. The second-order valence-corrected chi connectivity index (χ2v) is 7.55. The van der Waals surface area contributed by atoms with Crippen LogP contribution in [0.5, 0.6) is 0 Å². The van der Waals surface area contributed by atoms with E-state index in [0.29, 0.717) is 19.3 Å². The summed E-state index contributed by atoms with van der Waals surface area (Å²) >= 11 is 0. The molecular formula is C16H22N3O4S. The first kappa shape index (κ1) is 18.5. The van der Waals surface area contributed by atoms with Crippen LogP contribution in [0.4, 0.5) is 0 Å². The summed E-state index contributed by atoms with van der Waals surface area (Å²) < 4.78 is 26.3. The van der Waals surface area contributed by atoms with Crippen LogP contribution in [-0.4, -0.2) is 48.5 Å². The first-order valence-electron chi connectivity index (χ1n) is 8.02. The van der Waals surface area contributed by atoms with E-state index in [-0.39, 0.29) is 29.8 Å². The molecule has 0 bridgehead atoms. The zero-order valence-corrected chi connectivity index (χ0v) is 14.5. The normalized spacial score (nSPS) is 19.7. The number of ketones is 1. The highest BCUT2D eigenvalue weighted by Crippen LogP contribution is 2.17. The highest BCUT2D eigenvalue weighted by molar-refractivity contribution is 7.89. The molecule has 0 saturated carbocycles. The van der Waals surface area contributed by atoms with Gasteiger partial charge in [0.2, 0.25) is 5.91 Å². The number of nitrogens with zero attached hydrogens (tertiary/aromatic N) is 2. The Balaban J connectivity index is 2.05. The van der Waals surface area contributed by atoms with Gasteiger partial charge in [0, 0.05) is 19.2 Å². The lowest BCUT2D eigenvalue weighted by Gasteiger charge is -2.19. The largest absolute Gasteiger partial charge is 0.346 e. The summed E-state index contributed by atoms with van der Waals surface area (Å²) in [5.74, 6) is -0.582. The average molecular weight is 352 g/mol. The van der Waals surface area contributed by atoms with Crippen molar-refractivity contribution in [3.63, 3.8) is 0 Å². The Morgan fingerprint density at radius 1 is 1.46 bits per heavy atom. The molecular weight excluding hydrogens is 330 g/mol. The summed E-state index contributed by atoms with van der Waals surface area (Å²) in [7, 11) is -3.80. The number of hydrogen-bond acceptors (Lipinski definition) is 5. The monoisotopic (exact) mass is 352 g/mol. The van der Waals surface area contributed by atoms with Crippen molar-refractivity contribution in [2.45, 2.75) is 43.7 Å². The average Bonchev–Trinajstić information content (AvgIpc) is 2.76. The number of hydrogen-bond donors (Lipinski definition) is 1. The minimum Gasteiger partial charge on any atom is -0.346 e. The van der Waals surface area contributed by atoms with E-state index < -0.39 is 16.1 Å². The smallest absolute Gasteiger partial charge is 0.260 e. The van der Waals surface area contributed by atoms with E-state index in [9.17, 15) is 18.0 Å². The Morgan fingerprint density at radius 3 is 2.92 bits per heavy atom. The zero-order valence-electron chi connectivity index (χ0n) is 13.6. The minimum absolute atomic E-state index is 0.0726. The molecule has 24 heavy (non-hydrogen) atoms. The van der Waals surface area contributed by atoms with Gasteiger partial charge >= 0.3 is 0 Å². The van der Waals surface area contributed by atoms with E-state index in [2.05, 4.69) is 10.3 Å². The van der Waals surface area contributed by atoms with Crippen molar-refractivity contribution in [3.05, 3.63) is 30.8 Å². The van der Waals surface area contributed by atoms with Crippen LogP contribution in [0.1, 0.15) is 32.6 Å². The third-order valence-corrected chi connectivity index (χ3v) is 5.56. The first-order chi connectivity index (χ1) is 11.4. The molecule has 1 aromatic rings. The lowest BCUT2D eigenvalue weighted by Crippen LogP contribution is -2.44. The summed E-state index contributed by atoms with van der Waals surface area (Å²) in [6.07, 6.45) is 5.34. The molecule has 0 aliphatic carbocycles. The van der Waals surface area contributed by atoms with E-state index in [1.807, 2.05) is 6.92 Å². The third kappa shape index (κ3) is 4.61. The second kappa shape index (κ2) is 8.34. The van der Waals surface area contributed by atoms with Crippen LogP contribution in [0.2, 0.25) is 0 Å². The number of Topliss-reactive ketones (excluding diaryl/α,β-unsaturated/α-hetero) is 1. The number of nitrogens with one attached hydrogen (secondary N) is 1. The number of rotatable bonds is 6. The number of carbonyl (C=O) groups excluding carboxylic acids is 2. The fourth-order valence-electron chi connectivity index (χ4n) is 2.49. The van der Waals surface area contributed by atoms with E-state index >= 15 is 0 Å². The van der Waals surface area contributed by atoms with Crippen LogP contribution < -0.4 is 5.32 Å². The van der Waals surface area contributed by atoms with Gasteiger partial charge in [0.1, 0.15) is 0 Å². The predicted octanol–water partition coefficient (Wildman–Crippen LogP) is 0.924. The molecule has 7 nitrogen and oxygen atoms in total. The lowest BCUT2D eigenvalue weighted by molar-refractivity contribution is -0.126. The molecule has 1 aliphatic heterocycles. The molecule has 1 radical (unpaired) electrons. The van der Waals surface area contributed by atoms with Gasteiger partial charge in [-0.1, -0.05) is 19.4 Å². The summed E-state index contributed by atoms with van der Waals surface area (Å²) in [6, 6.07) is 3.98. The summed E-state index contributed by atoms with van der Waals surface area (Å²) in [4.78, 5) is 28.0. The molecule has 1 unspecified atom stereocenters. The van der Waals surface area contributed by atoms with Crippen molar-refractivity contribution < 1.29 is 18.0 Å². The second-order valence-electron chi connectivity index (χ2n) is 5.67. The number of unbranched alkanes of at least 4 members (excludes halogenated alkanes) is 1. The van der Waals surface area contributed by atoms with E-state index in [1.54, 1.807) is 12.1 Å². The number of carbonyl (C=O) groups is 2. The fourth-order valence-corrected chi connectivity index (χ4v) is 3.87.